The normalized spacial score (nSPS) is 9.30. The molecule has 10 heavy (non-hydrogen) atoms. The number of aryl methyl sites for hydroxylation is 1. The maximum atomic E-state index is 10.2. The summed E-state index contributed by atoms with van der Waals surface area (Å²) in [6.45, 7) is 0. The highest BCUT2D eigenvalue weighted by molar-refractivity contribution is 5.85. The molecular formula is C3H6N6O. The fraction of sp³-hybridized carbons (Fsp3) is 0.333. The Hall–Kier alpha value is -1.66. The fourth-order valence-electron chi connectivity index (χ4n) is 0.446. The fourth-order valence-corrected chi connectivity index (χ4v) is 0.446. The first-order valence-corrected chi connectivity index (χ1v) is 2.49. The van der Waals surface area contributed by atoms with E-state index >= 15 is 0 Å². The van der Waals surface area contributed by atoms with Crippen LogP contribution in [0.5, 0.6) is 0 Å². The van der Waals surface area contributed by atoms with Gasteiger partial charge in [-0.25, -0.2) is 9.48 Å². The van der Waals surface area contributed by atoms with Gasteiger partial charge in [0.15, 0.2) is 0 Å². The monoisotopic (exact) mass is 142 g/mol. The standard InChI is InChI=1S/C3H6N6O/c1-9-3(5-2(4)10)6-7-8-9/h1H3,(H3,4,5,6,8,10). The van der Waals surface area contributed by atoms with Crippen LogP contribution in [0.1, 0.15) is 0 Å². The second kappa shape index (κ2) is 2.29. The lowest BCUT2D eigenvalue weighted by Crippen LogP contribution is -2.21. The zero-order chi connectivity index (χ0) is 7.56. The second-order valence-electron chi connectivity index (χ2n) is 1.62. The van der Waals surface area contributed by atoms with Crippen LogP contribution in [0.3, 0.4) is 0 Å². The first kappa shape index (κ1) is 6.46. The van der Waals surface area contributed by atoms with Crippen molar-refractivity contribution in [2.75, 3.05) is 5.32 Å². The van der Waals surface area contributed by atoms with E-state index in [9.17, 15) is 4.79 Å². The van der Waals surface area contributed by atoms with Crippen molar-refractivity contribution in [2.45, 2.75) is 0 Å². The van der Waals surface area contributed by atoms with E-state index < -0.39 is 6.03 Å². The minimum atomic E-state index is -0.682. The van der Waals surface area contributed by atoms with Crippen LogP contribution >= 0.6 is 0 Å². The number of carbonyl (C=O) groups is 1. The summed E-state index contributed by atoms with van der Waals surface area (Å²) >= 11 is 0. The molecule has 1 rings (SSSR count). The van der Waals surface area contributed by atoms with Gasteiger partial charge in [-0.2, -0.15) is 0 Å². The van der Waals surface area contributed by atoms with E-state index in [1.165, 1.54) is 4.68 Å². The van der Waals surface area contributed by atoms with E-state index in [4.69, 9.17) is 5.73 Å². The third-order valence-electron chi connectivity index (χ3n) is 0.855. The molecule has 0 atom stereocenters. The van der Waals surface area contributed by atoms with Crippen LogP contribution in [0.2, 0.25) is 0 Å². The van der Waals surface area contributed by atoms with Crippen LogP contribution in [0.4, 0.5) is 10.7 Å². The van der Waals surface area contributed by atoms with Crippen LogP contribution in [-0.2, 0) is 7.05 Å². The number of anilines is 1. The molecule has 0 saturated heterocycles. The van der Waals surface area contributed by atoms with E-state index in [1.54, 1.807) is 7.05 Å². The highest BCUT2D eigenvalue weighted by Gasteiger charge is 2.01. The van der Waals surface area contributed by atoms with Gasteiger partial charge < -0.3 is 5.73 Å². The predicted molar refractivity (Wildman–Crippen MR) is 32.0 cm³/mol. The van der Waals surface area contributed by atoms with Crippen LogP contribution in [0, 0.1) is 0 Å². The molecular weight excluding hydrogens is 136 g/mol. The van der Waals surface area contributed by atoms with Gasteiger partial charge in [-0.05, 0) is 10.4 Å². The van der Waals surface area contributed by atoms with Gasteiger partial charge in [-0.1, -0.05) is 5.10 Å². The first-order chi connectivity index (χ1) is 4.70. The number of hydrogen-bond acceptors (Lipinski definition) is 4. The Morgan fingerprint density at radius 2 is 2.50 bits per heavy atom. The number of rotatable bonds is 1. The van der Waals surface area contributed by atoms with E-state index in [0.717, 1.165) is 0 Å². The molecule has 0 unspecified atom stereocenters. The van der Waals surface area contributed by atoms with Crippen molar-refractivity contribution >= 4 is 12.0 Å². The number of aromatic nitrogens is 4. The van der Waals surface area contributed by atoms with Crippen molar-refractivity contribution in [1.29, 1.82) is 0 Å². The number of urea groups is 1. The Kier molecular flexibility index (Phi) is 1.48. The summed E-state index contributed by atoms with van der Waals surface area (Å²) in [6, 6.07) is -0.682. The topological polar surface area (TPSA) is 98.7 Å². The Bertz CT molecular complexity index is 241. The molecule has 0 bridgehead atoms. The first-order valence-electron chi connectivity index (χ1n) is 2.49. The summed E-state index contributed by atoms with van der Waals surface area (Å²) in [5, 5.41) is 12.4. The summed E-state index contributed by atoms with van der Waals surface area (Å²) in [5.41, 5.74) is 4.79. The van der Waals surface area contributed by atoms with E-state index in [-0.39, 0.29) is 5.95 Å². The molecule has 0 aliphatic carbocycles. The number of nitrogens with one attached hydrogen (secondary N) is 1. The molecule has 0 spiro atoms. The summed E-state index contributed by atoms with van der Waals surface area (Å²) in [6.07, 6.45) is 0. The Labute approximate surface area is 56.2 Å². The molecule has 2 amide bonds. The van der Waals surface area contributed by atoms with E-state index in [2.05, 4.69) is 20.8 Å². The highest BCUT2D eigenvalue weighted by atomic mass is 16.2. The van der Waals surface area contributed by atoms with Crippen LogP contribution in [0.15, 0.2) is 0 Å². The molecule has 1 heterocycles. The zero-order valence-corrected chi connectivity index (χ0v) is 5.27. The SMILES string of the molecule is Cn1nnnc1NC(N)=O. The van der Waals surface area contributed by atoms with Crippen molar-refractivity contribution in [3.63, 3.8) is 0 Å². The van der Waals surface area contributed by atoms with Gasteiger partial charge in [0, 0.05) is 7.05 Å². The predicted octanol–water partition coefficient (Wildman–Crippen LogP) is -1.30. The molecule has 0 aliphatic rings. The number of amides is 2. The van der Waals surface area contributed by atoms with Crippen molar-refractivity contribution in [2.24, 2.45) is 12.8 Å². The number of nitrogens with two attached hydrogens (primary N) is 1. The van der Waals surface area contributed by atoms with Gasteiger partial charge in [-0.15, -0.1) is 0 Å². The Morgan fingerprint density at radius 3 is 2.90 bits per heavy atom. The molecule has 3 N–H and O–H groups in total. The highest BCUT2D eigenvalue weighted by Crippen LogP contribution is 1.92. The minimum absolute atomic E-state index is 0.229. The zero-order valence-electron chi connectivity index (χ0n) is 5.27. The van der Waals surface area contributed by atoms with Gasteiger partial charge in [0.2, 0.25) is 0 Å². The van der Waals surface area contributed by atoms with E-state index in [0.29, 0.717) is 0 Å². The summed E-state index contributed by atoms with van der Waals surface area (Å²) in [7, 11) is 1.59. The van der Waals surface area contributed by atoms with Gasteiger partial charge in [0.25, 0.3) is 5.95 Å². The lowest BCUT2D eigenvalue weighted by molar-refractivity contribution is 0.259. The molecule has 0 saturated carbocycles. The molecule has 54 valence electrons. The molecule has 1 aromatic rings. The molecule has 0 aromatic carbocycles. The quantitative estimate of drug-likeness (QED) is 0.509. The molecule has 0 aliphatic heterocycles. The van der Waals surface area contributed by atoms with Gasteiger partial charge in [0.05, 0.1) is 0 Å². The Morgan fingerprint density at radius 1 is 1.80 bits per heavy atom. The number of primary amides is 1. The smallest absolute Gasteiger partial charge is 0.319 e. The van der Waals surface area contributed by atoms with Gasteiger partial charge >= 0.3 is 6.03 Å². The third-order valence-corrected chi connectivity index (χ3v) is 0.855. The summed E-state index contributed by atoms with van der Waals surface area (Å²) < 4.78 is 1.30. The number of nitrogens with zero attached hydrogens (tertiary/aromatic N) is 4. The van der Waals surface area contributed by atoms with Crippen molar-refractivity contribution in [3.05, 3.63) is 0 Å². The number of carbonyl (C=O) groups excluding carboxylic acids is 1. The molecule has 0 radical (unpaired) electrons. The van der Waals surface area contributed by atoms with Crippen LogP contribution in [-0.4, -0.2) is 26.2 Å². The minimum Gasteiger partial charge on any atom is -0.351 e. The number of tetrazole rings is 1. The summed E-state index contributed by atoms with van der Waals surface area (Å²) in [5.74, 6) is 0.229. The van der Waals surface area contributed by atoms with E-state index in [1.807, 2.05) is 0 Å². The Balaban J connectivity index is 2.74. The average Bonchev–Trinajstić information content (AvgIpc) is 2.15. The average molecular weight is 142 g/mol. The van der Waals surface area contributed by atoms with Gasteiger partial charge in [-0.3, -0.25) is 5.32 Å². The lowest BCUT2D eigenvalue weighted by atomic mass is 10.9. The lowest BCUT2D eigenvalue weighted by Gasteiger charge is -1.95. The maximum Gasteiger partial charge on any atom is 0.319 e. The maximum absolute atomic E-state index is 10.2. The molecule has 1 aromatic heterocycles. The van der Waals surface area contributed by atoms with Crippen LogP contribution < -0.4 is 11.1 Å². The molecule has 7 nitrogen and oxygen atoms in total. The second-order valence-corrected chi connectivity index (χ2v) is 1.62. The van der Waals surface area contributed by atoms with Gasteiger partial charge in [0.1, 0.15) is 0 Å². The van der Waals surface area contributed by atoms with Crippen LogP contribution in [0.25, 0.3) is 0 Å². The number of hydrogen-bond donors (Lipinski definition) is 2. The van der Waals surface area contributed by atoms with Crippen molar-refractivity contribution < 1.29 is 4.79 Å². The largest absolute Gasteiger partial charge is 0.351 e. The molecule has 7 heteroatoms. The van der Waals surface area contributed by atoms with Crippen molar-refractivity contribution in [1.82, 2.24) is 20.2 Å². The van der Waals surface area contributed by atoms with Crippen molar-refractivity contribution in [3.8, 4) is 0 Å². The molecule has 0 fully saturated rings. The summed E-state index contributed by atoms with van der Waals surface area (Å²) in [4.78, 5) is 10.2. The third kappa shape index (κ3) is 1.19.